The van der Waals surface area contributed by atoms with Crippen LogP contribution in [0.1, 0.15) is 252 Å². The van der Waals surface area contributed by atoms with Crippen LogP contribution < -0.4 is 0 Å². The fourth-order valence-electron chi connectivity index (χ4n) is 7.21. The van der Waals surface area contributed by atoms with Crippen molar-refractivity contribution in [3.05, 3.63) is 85.1 Å². The highest BCUT2D eigenvalue weighted by Crippen LogP contribution is 2.14. The maximum atomic E-state index is 12.8. The highest BCUT2D eigenvalue weighted by Gasteiger charge is 2.19. The first kappa shape index (κ1) is 61.6. The second-order valence-electron chi connectivity index (χ2n) is 17.8. The largest absolute Gasteiger partial charge is 0.462 e. The summed E-state index contributed by atoms with van der Waals surface area (Å²) in [7, 11) is 0. The van der Waals surface area contributed by atoms with Crippen LogP contribution in [0.2, 0.25) is 0 Å². The van der Waals surface area contributed by atoms with Crippen LogP contribution in [0.3, 0.4) is 0 Å². The SMILES string of the molecule is CCCC/C=C\CCCCCCCC(=O)O[C@@H](COC(=O)CCC/C=C\C/C=C\C/C=C\C/C=C\CCCCC)COC(=O)CCCCCCCCCCC/C=C\C/C=C\CCCCC. The number of ether oxygens (including phenoxy) is 3. The van der Waals surface area contributed by atoms with Crippen molar-refractivity contribution in [2.24, 2.45) is 0 Å². The highest BCUT2D eigenvalue weighted by atomic mass is 16.6. The van der Waals surface area contributed by atoms with Crippen molar-refractivity contribution in [1.82, 2.24) is 0 Å². The van der Waals surface area contributed by atoms with E-state index in [1.54, 1.807) is 0 Å². The average Bonchev–Trinajstić information content (AvgIpc) is 3.30. The summed E-state index contributed by atoms with van der Waals surface area (Å²) in [5.41, 5.74) is 0. The quantitative estimate of drug-likeness (QED) is 0.0262. The number of carbonyl (C=O) groups is 3. The fraction of sp³-hybridized carbons (Fsp3) is 0.712. The van der Waals surface area contributed by atoms with Crippen LogP contribution in [0.15, 0.2) is 85.1 Å². The number of hydrogen-bond donors (Lipinski definition) is 0. The van der Waals surface area contributed by atoms with E-state index in [1.165, 1.54) is 122 Å². The minimum Gasteiger partial charge on any atom is -0.462 e. The minimum atomic E-state index is -0.804. The van der Waals surface area contributed by atoms with Crippen LogP contribution in [0.5, 0.6) is 0 Å². The molecule has 0 radical (unpaired) electrons. The molecule has 0 aliphatic rings. The Labute approximate surface area is 401 Å². The molecule has 0 fully saturated rings. The molecule has 0 aromatic rings. The number of carbonyl (C=O) groups excluding carboxylic acids is 3. The van der Waals surface area contributed by atoms with E-state index < -0.39 is 6.10 Å². The van der Waals surface area contributed by atoms with Gasteiger partial charge in [-0.25, -0.2) is 0 Å². The molecule has 0 saturated carbocycles. The molecule has 65 heavy (non-hydrogen) atoms. The van der Waals surface area contributed by atoms with Gasteiger partial charge in [0.1, 0.15) is 13.2 Å². The normalized spacial score (nSPS) is 12.7. The van der Waals surface area contributed by atoms with Crippen LogP contribution in [-0.2, 0) is 28.6 Å². The van der Waals surface area contributed by atoms with Crippen molar-refractivity contribution >= 4 is 17.9 Å². The fourth-order valence-corrected chi connectivity index (χ4v) is 7.21. The van der Waals surface area contributed by atoms with Gasteiger partial charge in [-0.2, -0.15) is 0 Å². The summed E-state index contributed by atoms with van der Waals surface area (Å²) >= 11 is 0. The van der Waals surface area contributed by atoms with Gasteiger partial charge in [-0.15, -0.1) is 0 Å². The topological polar surface area (TPSA) is 78.9 Å². The summed E-state index contributed by atoms with van der Waals surface area (Å²) in [6.45, 7) is 6.49. The summed E-state index contributed by atoms with van der Waals surface area (Å²) in [4.78, 5) is 38.0. The molecule has 372 valence electrons. The molecule has 1 atom stereocenters. The Bertz CT molecular complexity index is 1270. The van der Waals surface area contributed by atoms with Crippen molar-refractivity contribution in [3.63, 3.8) is 0 Å². The van der Waals surface area contributed by atoms with E-state index >= 15 is 0 Å². The zero-order valence-corrected chi connectivity index (χ0v) is 42.5. The number of allylic oxidation sites excluding steroid dienone is 14. The maximum absolute atomic E-state index is 12.8. The molecule has 0 aromatic heterocycles. The standard InChI is InChI=1S/C59H100O6/c1-4-7-10-13-16-19-22-24-26-28-29-31-33-35-38-40-43-46-49-52-58(61)64-55-56(65-59(62)53-50-47-44-41-36-21-18-15-12-9-6-3)54-63-57(60)51-48-45-42-39-37-34-32-30-27-25-23-20-17-14-11-8-5-2/h15-20,24-27,32,34,39,42,56H,4-14,21-23,28-31,33,35-38,40-41,43-55H2,1-3H3/b18-15-,19-16-,20-17-,26-24-,27-25-,34-32-,42-39-/t56-/m0/s1. The molecule has 0 aliphatic heterocycles. The average molecular weight is 905 g/mol. The van der Waals surface area contributed by atoms with Crippen LogP contribution in [0.4, 0.5) is 0 Å². The molecule has 6 heteroatoms. The first-order chi connectivity index (χ1) is 32.0. The van der Waals surface area contributed by atoms with Crippen molar-refractivity contribution in [2.45, 2.75) is 258 Å². The Morgan fingerprint density at radius 2 is 0.585 bits per heavy atom. The predicted octanol–water partition coefficient (Wildman–Crippen LogP) is 18.0. The van der Waals surface area contributed by atoms with Crippen molar-refractivity contribution in [3.8, 4) is 0 Å². The third-order valence-electron chi connectivity index (χ3n) is 11.3. The van der Waals surface area contributed by atoms with E-state index in [4.69, 9.17) is 14.2 Å². The molecule has 0 spiro atoms. The Morgan fingerprint density at radius 1 is 0.308 bits per heavy atom. The van der Waals surface area contributed by atoms with E-state index in [0.717, 1.165) is 83.5 Å². The van der Waals surface area contributed by atoms with Gasteiger partial charge < -0.3 is 14.2 Å². The van der Waals surface area contributed by atoms with Crippen LogP contribution in [-0.4, -0.2) is 37.2 Å². The van der Waals surface area contributed by atoms with Gasteiger partial charge >= 0.3 is 17.9 Å². The maximum Gasteiger partial charge on any atom is 0.306 e. The summed E-state index contributed by atoms with van der Waals surface area (Å²) in [5, 5.41) is 0. The van der Waals surface area contributed by atoms with Gasteiger partial charge in [0.2, 0.25) is 0 Å². The van der Waals surface area contributed by atoms with Gasteiger partial charge in [-0.1, -0.05) is 209 Å². The lowest BCUT2D eigenvalue weighted by atomic mass is 10.1. The zero-order valence-electron chi connectivity index (χ0n) is 42.5. The predicted molar refractivity (Wildman–Crippen MR) is 279 cm³/mol. The molecule has 0 aromatic carbocycles. The molecule has 0 rings (SSSR count). The van der Waals surface area contributed by atoms with Gasteiger partial charge in [0.25, 0.3) is 0 Å². The third kappa shape index (κ3) is 51.4. The second-order valence-corrected chi connectivity index (χ2v) is 17.8. The number of unbranched alkanes of at least 4 members (excludes halogenated alkanes) is 23. The monoisotopic (exact) mass is 905 g/mol. The summed E-state index contributed by atoms with van der Waals surface area (Å²) in [5.74, 6) is -0.971. The van der Waals surface area contributed by atoms with Crippen molar-refractivity contribution in [1.29, 1.82) is 0 Å². The molecule has 0 heterocycles. The van der Waals surface area contributed by atoms with Crippen LogP contribution >= 0.6 is 0 Å². The molecule has 0 amide bonds. The van der Waals surface area contributed by atoms with E-state index in [-0.39, 0.29) is 37.5 Å². The molecule has 0 N–H and O–H groups in total. The van der Waals surface area contributed by atoms with Crippen LogP contribution in [0, 0.1) is 0 Å². The van der Waals surface area contributed by atoms with Gasteiger partial charge in [-0.3, -0.25) is 14.4 Å². The highest BCUT2D eigenvalue weighted by molar-refractivity contribution is 5.71. The number of esters is 3. The Morgan fingerprint density at radius 3 is 0.985 bits per heavy atom. The van der Waals surface area contributed by atoms with Gasteiger partial charge in [0.15, 0.2) is 6.10 Å². The van der Waals surface area contributed by atoms with Gasteiger partial charge in [-0.05, 0) is 109 Å². The smallest absolute Gasteiger partial charge is 0.306 e. The number of rotatable bonds is 48. The van der Waals surface area contributed by atoms with Gasteiger partial charge in [0.05, 0.1) is 0 Å². The second kappa shape index (κ2) is 53.2. The van der Waals surface area contributed by atoms with E-state index in [0.29, 0.717) is 19.3 Å². The van der Waals surface area contributed by atoms with E-state index in [1.807, 2.05) is 0 Å². The van der Waals surface area contributed by atoms with Crippen molar-refractivity contribution in [2.75, 3.05) is 13.2 Å². The van der Waals surface area contributed by atoms with E-state index in [2.05, 4.69) is 106 Å². The van der Waals surface area contributed by atoms with E-state index in [9.17, 15) is 14.4 Å². The first-order valence-corrected chi connectivity index (χ1v) is 27.1. The summed E-state index contributed by atoms with van der Waals surface area (Å²) in [6, 6.07) is 0. The molecule has 0 bridgehead atoms. The Kier molecular flexibility index (Phi) is 50.4. The number of hydrogen-bond acceptors (Lipinski definition) is 6. The van der Waals surface area contributed by atoms with Gasteiger partial charge in [0, 0.05) is 19.3 Å². The summed E-state index contributed by atoms with van der Waals surface area (Å²) in [6.07, 6.45) is 68.6. The molecule has 0 aliphatic carbocycles. The van der Waals surface area contributed by atoms with Crippen LogP contribution in [0.25, 0.3) is 0 Å². The first-order valence-electron chi connectivity index (χ1n) is 27.1. The lowest BCUT2D eigenvalue weighted by molar-refractivity contribution is -0.167. The zero-order chi connectivity index (χ0) is 47.2. The lowest BCUT2D eigenvalue weighted by Crippen LogP contribution is -2.30. The molecule has 0 saturated heterocycles. The Hall–Kier alpha value is -3.41. The van der Waals surface area contributed by atoms with Crippen molar-refractivity contribution < 1.29 is 28.6 Å². The molecule has 0 unspecified atom stereocenters. The summed E-state index contributed by atoms with van der Waals surface area (Å²) < 4.78 is 16.8. The third-order valence-corrected chi connectivity index (χ3v) is 11.3. The molecular weight excluding hydrogens is 805 g/mol. The minimum absolute atomic E-state index is 0.0994. The lowest BCUT2D eigenvalue weighted by Gasteiger charge is -2.18. The molecular formula is C59H100O6. The molecule has 6 nitrogen and oxygen atoms in total. The Balaban J connectivity index is 4.42.